The minimum atomic E-state index is -4.10. The van der Waals surface area contributed by atoms with Gasteiger partial charge < -0.3 is 24.8 Å². The van der Waals surface area contributed by atoms with Crippen molar-refractivity contribution < 1.29 is 33.0 Å². The third-order valence-corrected chi connectivity index (χ3v) is 8.61. The number of fused-ring (bicyclic) bond motifs is 1. The van der Waals surface area contributed by atoms with Gasteiger partial charge in [-0.3, -0.25) is 19.1 Å². The number of rotatable bonds is 10. The van der Waals surface area contributed by atoms with E-state index in [-0.39, 0.29) is 36.9 Å². The highest BCUT2D eigenvalue weighted by molar-refractivity contribution is 7.52. The molecule has 0 bridgehead atoms. The number of carbonyl (C=O) groups is 1. The summed E-state index contributed by atoms with van der Waals surface area (Å²) >= 11 is 1.22. The maximum atomic E-state index is 13.7. The molecule has 5 atom stereocenters. The molecule has 38 heavy (non-hydrogen) atoms. The van der Waals surface area contributed by atoms with Crippen molar-refractivity contribution in [2.45, 2.75) is 58.0 Å². The largest absolute Gasteiger partial charge is 0.465 e. The first-order valence-corrected chi connectivity index (χ1v) is 14.4. The van der Waals surface area contributed by atoms with E-state index in [2.05, 4.69) is 15.1 Å². The predicted molar refractivity (Wildman–Crippen MR) is 142 cm³/mol. The second-order valence-corrected chi connectivity index (χ2v) is 11.9. The highest BCUT2D eigenvalue weighted by atomic mass is 32.1. The smallest absolute Gasteiger partial charge is 0.459 e. The number of nitrogens with zero attached hydrogens (tertiary/aromatic N) is 1. The van der Waals surface area contributed by atoms with Gasteiger partial charge in [-0.25, -0.2) is 9.55 Å². The number of H-pyrrole nitrogens is 1. The van der Waals surface area contributed by atoms with E-state index in [9.17, 15) is 19.3 Å². The second kappa shape index (κ2) is 11.1. The summed E-state index contributed by atoms with van der Waals surface area (Å²) in [5, 5.41) is 15.8. The third-order valence-electron chi connectivity index (χ3n) is 5.95. The van der Waals surface area contributed by atoms with Gasteiger partial charge in [0.05, 0.1) is 40.7 Å². The van der Waals surface area contributed by atoms with Gasteiger partial charge >= 0.3 is 13.7 Å². The molecule has 12 nitrogen and oxygen atoms in total. The third kappa shape index (κ3) is 6.25. The van der Waals surface area contributed by atoms with Crippen LogP contribution >= 0.6 is 19.1 Å². The van der Waals surface area contributed by atoms with Gasteiger partial charge in [0, 0.05) is 11.8 Å². The SMILES string of the molecule is CCOC(=O)C(C)NP(=O)(OCC1CC(C)(O)C(c2scc3c(=O)[nH]c(N)nc23)O1)Oc1ccc(C)cc1. The number of aromatic amines is 1. The van der Waals surface area contributed by atoms with E-state index in [4.69, 9.17) is 24.3 Å². The number of ether oxygens (including phenoxy) is 2. The van der Waals surface area contributed by atoms with Crippen LogP contribution in [0.3, 0.4) is 0 Å². The van der Waals surface area contributed by atoms with Crippen LogP contribution in [0.1, 0.15) is 43.7 Å². The van der Waals surface area contributed by atoms with Crippen LogP contribution in [0.5, 0.6) is 5.75 Å². The Kier molecular flexibility index (Phi) is 8.26. The molecule has 1 aromatic carbocycles. The topological polar surface area (TPSA) is 175 Å². The van der Waals surface area contributed by atoms with Crippen LogP contribution in [0.2, 0.25) is 0 Å². The normalized spacial score (nSPS) is 23.7. The Morgan fingerprint density at radius 2 is 2.13 bits per heavy atom. The van der Waals surface area contributed by atoms with E-state index < -0.39 is 37.6 Å². The molecule has 4 rings (SSSR count). The Hall–Kier alpha value is -2.80. The molecule has 5 unspecified atom stereocenters. The predicted octanol–water partition coefficient (Wildman–Crippen LogP) is 3.20. The molecule has 0 spiro atoms. The van der Waals surface area contributed by atoms with Crippen LogP contribution < -0.4 is 20.9 Å². The highest BCUT2D eigenvalue weighted by Gasteiger charge is 2.47. The standard InChI is InChI=1S/C24H31N4O8PS/c1-5-33-22(30)14(3)28-37(32,36-15-8-6-13(2)7-9-15)34-11-16-10-24(4,31)20(35-16)19-18-17(12-38-19)21(29)27-23(25)26-18/h6-9,12,14,16,20,31H,5,10-11H2,1-4H3,(H,28,32)(H3,25,26,27,29). The average molecular weight is 567 g/mol. The van der Waals surface area contributed by atoms with Crippen molar-refractivity contribution in [2.24, 2.45) is 0 Å². The molecule has 3 aromatic rings. The molecule has 0 amide bonds. The van der Waals surface area contributed by atoms with Crippen molar-refractivity contribution in [3.05, 3.63) is 50.4 Å². The van der Waals surface area contributed by atoms with Gasteiger partial charge in [0.1, 0.15) is 17.9 Å². The fraction of sp³-hybridized carbons (Fsp3) is 0.458. The average Bonchev–Trinajstić information content (AvgIpc) is 3.39. The minimum Gasteiger partial charge on any atom is -0.465 e. The summed E-state index contributed by atoms with van der Waals surface area (Å²) < 4.78 is 36.2. The summed E-state index contributed by atoms with van der Waals surface area (Å²) in [6, 6.07) is 5.86. The second-order valence-electron chi connectivity index (χ2n) is 9.31. The van der Waals surface area contributed by atoms with Crippen LogP contribution in [0.25, 0.3) is 10.9 Å². The van der Waals surface area contributed by atoms with Crippen LogP contribution in [0, 0.1) is 6.92 Å². The van der Waals surface area contributed by atoms with Crippen molar-refractivity contribution in [1.29, 1.82) is 0 Å². The van der Waals surface area contributed by atoms with Gasteiger partial charge in [0.25, 0.3) is 5.56 Å². The molecule has 1 saturated heterocycles. The zero-order valence-electron chi connectivity index (χ0n) is 21.4. The Labute approximate surface area is 223 Å². The number of aliphatic hydroxyl groups is 1. The number of aromatic nitrogens is 2. The fourth-order valence-corrected chi connectivity index (χ4v) is 6.81. The lowest BCUT2D eigenvalue weighted by molar-refractivity contribution is -0.144. The molecule has 1 fully saturated rings. The summed E-state index contributed by atoms with van der Waals surface area (Å²) in [6.07, 6.45) is -1.40. The number of nitrogens with two attached hydrogens (primary N) is 1. The molecule has 0 aliphatic carbocycles. The molecule has 0 radical (unpaired) electrons. The van der Waals surface area contributed by atoms with Crippen molar-refractivity contribution >= 4 is 41.9 Å². The van der Waals surface area contributed by atoms with Crippen molar-refractivity contribution in [3.63, 3.8) is 0 Å². The number of carbonyl (C=O) groups excluding carboxylic acids is 1. The van der Waals surface area contributed by atoms with E-state index >= 15 is 0 Å². The molecular weight excluding hydrogens is 535 g/mol. The van der Waals surface area contributed by atoms with Crippen molar-refractivity contribution in [1.82, 2.24) is 15.1 Å². The number of anilines is 1. The van der Waals surface area contributed by atoms with Crippen molar-refractivity contribution in [2.75, 3.05) is 18.9 Å². The van der Waals surface area contributed by atoms with Gasteiger partial charge in [0.2, 0.25) is 5.95 Å². The van der Waals surface area contributed by atoms with E-state index in [1.54, 1.807) is 43.5 Å². The zero-order chi connectivity index (χ0) is 27.7. The number of thiophene rings is 1. The summed E-state index contributed by atoms with van der Waals surface area (Å²) in [5.41, 5.74) is 5.32. The number of benzene rings is 1. The molecule has 3 heterocycles. The quantitative estimate of drug-likeness (QED) is 0.209. The lowest BCUT2D eigenvalue weighted by Gasteiger charge is -2.24. The molecule has 5 N–H and O–H groups in total. The van der Waals surface area contributed by atoms with Gasteiger partial charge in [-0.15, -0.1) is 11.3 Å². The molecule has 1 aliphatic rings. The Morgan fingerprint density at radius 1 is 1.42 bits per heavy atom. The summed E-state index contributed by atoms with van der Waals surface area (Å²) in [4.78, 5) is 31.6. The first-order valence-electron chi connectivity index (χ1n) is 12.0. The molecule has 1 aliphatic heterocycles. The lowest BCUT2D eigenvalue weighted by atomic mass is 9.94. The van der Waals surface area contributed by atoms with Crippen LogP contribution in [0.15, 0.2) is 34.4 Å². The molecule has 206 valence electrons. The Bertz CT molecular complexity index is 1410. The molecule has 14 heteroatoms. The van der Waals surface area contributed by atoms with Gasteiger partial charge in [0.15, 0.2) is 0 Å². The number of aryl methyl sites for hydroxylation is 1. The Morgan fingerprint density at radius 3 is 2.82 bits per heavy atom. The molecule has 2 aromatic heterocycles. The van der Waals surface area contributed by atoms with E-state index in [0.717, 1.165) is 5.56 Å². The fourth-order valence-electron chi connectivity index (χ4n) is 4.12. The highest BCUT2D eigenvalue weighted by Crippen LogP contribution is 2.49. The lowest BCUT2D eigenvalue weighted by Crippen LogP contribution is -2.35. The first-order chi connectivity index (χ1) is 17.9. The summed E-state index contributed by atoms with van der Waals surface area (Å²) in [6.45, 7) is 6.59. The number of esters is 1. The van der Waals surface area contributed by atoms with E-state index in [1.165, 1.54) is 18.3 Å². The summed E-state index contributed by atoms with van der Waals surface area (Å²) in [5.74, 6) is -0.385. The van der Waals surface area contributed by atoms with Crippen LogP contribution in [-0.4, -0.2) is 52.0 Å². The van der Waals surface area contributed by atoms with Crippen molar-refractivity contribution in [3.8, 4) is 5.75 Å². The number of nitrogen functional groups attached to an aromatic ring is 1. The van der Waals surface area contributed by atoms with Crippen LogP contribution in [-0.2, 0) is 23.4 Å². The van der Waals surface area contributed by atoms with Crippen LogP contribution in [0.4, 0.5) is 5.95 Å². The van der Waals surface area contributed by atoms with E-state index in [1.807, 2.05) is 6.92 Å². The van der Waals surface area contributed by atoms with Gasteiger partial charge in [-0.1, -0.05) is 17.7 Å². The number of hydrogen-bond donors (Lipinski definition) is 4. The number of nitrogens with one attached hydrogen (secondary N) is 2. The monoisotopic (exact) mass is 566 g/mol. The van der Waals surface area contributed by atoms with Gasteiger partial charge in [-0.05, 0) is 39.8 Å². The Balaban J connectivity index is 1.52. The van der Waals surface area contributed by atoms with Gasteiger partial charge in [-0.2, -0.15) is 5.09 Å². The zero-order valence-corrected chi connectivity index (χ0v) is 23.1. The molecule has 0 saturated carbocycles. The maximum absolute atomic E-state index is 13.7. The molecular formula is C24H31N4O8PS. The summed E-state index contributed by atoms with van der Waals surface area (Å²) in [7, 11) is -4.10. The number of hydrogen-bond acceptors (Lipinski definition) is 11. The van der Waals surface area contributed by atoms with E-state index in [0.29, 0.717) is 15.8 Å². The first kappa shape index (κ1) is 28.2. The minimum absolute atomic E-state index is 0.0457. The maximum Gasteiger partial charge on any atom is 0.459 e.